The number of thiophene rings is 1. The van der Waals surface area contributed by atoms with Crippen LogP contribution in [0.3, 0.4) is 0 Å². The molecule has 6 nitrogen and oxygen atoms in total. The minimum atomic E-state index is -4.73. The predicted molar refractivity (Wildman–Crippen MR) is 98.7 cm³/mol. The molecule has 1 N–H and O–H groups in total. The standard InChI is InChI=1S/C19H16F5NO5S/c1-8-10(5-15(26)27)11-4-14(29-2)12(20)6-13(11)25(8)17(28)9-3-16(31-7-9)30-19(23,24)18(21)22/h3-4,7,13,18H,5-6H2,1-2H3,(H,26,27). The van der Waals surface area contributed by atoms with Crippen LogP contribution in [0.2, 0.25) is 0 Å². The van der Waals surface area contributed by atoms with E-state index < -0.39 is 47.8 Å². The van der Waals surface area contributed by atoms with E-state index in [1.807, 2.05) is 0 Å². The Bertz CT molecular complexity index is 1010. The zero-order chi connectivity index (χ0) is 23.1. The Labute approximate surface area is 176 Å². The van der Waals surface area contributed by atoms with Gasteiger partial charge in [-0.05, 0) is 24.1 Å². The van der Waals surface area contributed by atoms with Crippen LogP contribution in [0, 0.1) is 0 Å². The fraction of sp³-hybridized carbons (Fsp3) is 0.368. The molecule has 1 amide bonds. The first-order valence-electron chi connectivity index (χ1n) is 8.79. The van der Waals surface area contributed by atoms with Crippen LogP contribution in [0.5, 0.6) is 5.06 Å². The van der Waals surface area contributed by atoms with Crippen LogP contribution in [0.4, 0.5) is 22.0 Å². The van der Waals surface area contributed by atoms with Gasteiger partial charge in [-0.3, -0.25) is 9.59 Å². The first-order valence-corrected chi connectivity index (χ1v) is 9.67. The lowest BCUT2D eigenvalue weighted by molar-refractivity contribution is -0.251. The summed E-state index contributed by atoms with van der Waals surface area (Å²) in [6.45, 7) is 1.48. The van der Waals surface area contributed by atoms with Gasteiger partial charge in [0, 0.05) is 23.6 Å². The summed E-state index contributed by atoms with van der Waals surface area (Å²) < 4.78 is 74.2. The van der Waals surface area contributed by atoms with Gasteiger partial charge >= 0.3 is 18.5 Å². The molecule has 1 atom stereocenters. The van der Waals surface area contributed by atoms with Gasteiger partial charge in [0.15, 0.2) is 10.8 Å². The van der Waals surface area contributed by atoms with Gasteiger partial charge < -0.3 is 19.5 Å². The number of hydrogen-bond acceptors (Lipinski definition) is 5. The number of ether oxygens (including phenoxy) is 2. The number of carbonyl (C=O) groups is 2. The molecule has 3 rings (SSSR count). The number of fused-ring (bicyclic) bond motifs is 1. The molecule has 1 aromatic heterocycles. The number of carbonyl (C=O) groups excluding carboxylic acids is 1. The SMILES string of the molecule is COC1=C(F)CC2C(=C1)C(CC(=O)O)=C(C)N2C(=O)c1csc(OC(F)(F)C(F)F)c1. The van der Waals surface area contributed by atoms with Crippen LogP contribution in [0.15, 0.2) is 46.0 Å². The number of methoxy groups -OCH3 is 1. The van der Waals surface area contributed by atoms with Crippen LogP contribution < -0.4 is 4.74 Å². The third-order valence-electron chi connectivity index (χ3n) is 4.82. The van der Waals surface area contributed by atoms with E-state index in [4.69, 9.17) is 4.74 Å². The minimum Gasteiger partial charge on any atom is -0.494 e. The number of carboxylic acid groups (broad SMARTS) is 1. The largest absolute Gasteiger partial charge is 0.494 e. The zero-order valence-electron chi connectivity index (χ0n) is 16.1. The van der Waals surface area contributed by atoms with E-state index in [0.29, 0.717) is 22.5 Å². The minimum absolute atomic E-state index is 0.0864. The molecule has 0 aromatic carbocycles. The molecule has 2 heterocycles. The van der Waals surface area contributed by atoms with E-state index in [-0.39, 0.29) is 23.4 Å². The number of halogens is 5. The third-order valence-corrected chi connectivity index (χ3v) is 5.63. The van der Waals surface area contributed by atoms with Crippen LogP contribution in [0.25, 0.3) is 0 Å². The number of aliphatic carboxylic acids is 1. The normalized spacial score (nSPS) is 19.0. The summed E-state index contributed by atoms with van der Waals surface area (Å²) in [6.07, 6.45) is -8.18. The van der Waals surface area contributed by atoms with Gasteiger partial charge in [0.05, 0.1) is 25.1 Å². The molecular formula is C19H16F5NO5S. The van der Waals surface area contributed by atoms with E-state index in [9.17, 15) is 36.6 Å². The van der Waals surface area contributed by atoms with Gasteiger partial charge in [0.1, 0.15) is 5.83 Å². The van der Waals surface area contributed by atoms with Crippen molar-refractivity contribution in [3.63, 3.8) is 0 Å². The number of hydrogen-bond donors (Lipinski definition) is 1. The monoisotopic (exact) mass is 465 g/mol. The highest BCUT2D eigenvalue weighted by Gasteiger charge is 2.45. The molecule has 168 valence electrons. The second-order valence-electron chi connectivity index (χ2n) is 6.72. The second-order valence-corrected chi connectivity index (χ2v) is 7.60. The summed E-state index contributed by atoms with van der Waals surface area (Å²) in [5.74, 6) is -2.65. The molecule has 2 aliphatic rings. The van der Waals surface area contributed by atoms with Crippen molar-refractivity contribution in [3.8, 4) is 5.06 Å². The van der Waals surface area contributed by atoms with Gasteiger partial charge in [0.2, 0.25) is 0 Å². The molecule has 31 heavy (non-hydrogen) atoms. The maximum atomic E-state index is 14.4. The summed E-state index contributed by atoms with van der Waals surface area (Å²) >= 11 is 0.516. The fourth-order valence-corrected chi connectivity index (χ4v) is 4.21. The van der Waals surface area contributed by atoms with Crippen LogP contribution in [0.1, 0.15) is 30.1 Å². The van der Waals surface area contributed by atoms with E-state index in [2.05, 4.69) is 4.74 Å². The smallest absolute Gasteiger partial charge is 0.461 e. The average molecular weight is 465 g/mol. The molecule has 0 spiro atoms. The summed E-state index contributed by atoms with van der Waals surface area (Å²) in [7, 11) is 1.25. The van der Waals surface area contributed by atoms with Gasteiger partial charge in [-0.1, -0.05) is 0 Å². The van der Waals surface area contributed by atoms with E-state index in [1.54, 1.807) is 0 Å². The number of amides is 1. The second kappa shape index (κ2) is 8.33. The van der Waals surface area contributed by atoms with Gasteiger partial charge in [-0.2, -0.15) is 17.6 Å². The zero-order valence-corrected chi connectivity index (χ0v) is 16.9. The number of alkyl halides is 4. The summed E-state index contributed by atoms with van der Waals surface area (Å²) in [5, 5.41) is 9.76. The van der Waals surface area contributed by atoms with Gasteiger partial charge in [-0.15, -0.1) is 11.3 Å². The highest BCUT2D eigenvalue weighted by Crippen LogP contribution is 2.44. The molecular weight excluding hydrogens is 449 g/mol. The predicted octanol–water partition coefficient (Wildman–Crippen LogP) is 4.72. The van der Waals surface area contributed by atoms with E-state index in [1.165, 1.54) is 20.1 Å². The Hall–Kier alpha value is -2.89. The summed E-state index contributed by atoms with van der Waals surface area (Å²) in [6, 6.07) is 0.0117. The molecule has 12 heteroatoms. The molecule has 0 saturated heterocycles. The molecule has 0 bridgehead atoms. The average Bonchev–Trinajstić information content (AvgIpc) is 3.23. The molecule has 1 aliphatic heterocycles. The van der Waals surface area contributed by atoms with Crippen molar-refractivity contribution in [2.24, 2.45) is 0 Å². The van der Waals surface area contributed by atoms with Crippen LogP contribution >= 0.6 is 11.3 Å². The molecule has 1 aromatic rings. The highest BCUT2D eigenvalue weighted by molar-refractivity contribution is 7.12. The summed E-state index contributed by atoms with van der Waals surface area (Å²) in [5.41, 5.74) is 0.786. The highest BCUT2D eigenvalue weighted by atomic mass is 32.1. The number of carboxylic acids is 1. The lowest BCUT2D eigenvalue weighted by atomic mass is 9.92. The topological polar surface area (TPSA) is 76.1 Å². The quantitative estimate of drug-likeness (QED) is 0.590. The fourth-order valence-electron chi connectivity index (χ4n) is 3.45. The van der Waals surface area contributed by atoms with Gasteiger partial charge in [-0.25, -0.2) is 4.39 Å². The van der Waals surface area contributed by atoms with Crippen LogP contribution in [-0.2, 0) is 9.53 Å². The van der Waals surface area contributed by atoms with Crippen molar-refractivity contribution in [2.75, 3.05) is 7.11 Å². The van der Waals surface area contributed by atoms with Crippen molar-refractivity contribution >= 4 is 23.2 Å². The van der Waals surface area contributed by atoms with Crippen molar-refractivity contribution < 1.29 is 46.1 Å². The Morgan fingerprint density at radius 1 is 1.39 bits per heavy atom. The Kier molecular flexibility index (Phi) is 6.12. The molecule has 0 radical (unpaired) electrons. The Morgan fingerprint density at radius 3 is 2.65 bits per heavy atom. The first-order chi connectivity index (χ1) is 14.5. The van der Waals surface area contributed by atoms with Gasteiger partial charge in [0.25, 0.3) is 5.91 Å². The molecule has 1 aliphatic carbocycles. The number of allylic oxidation sites excluding steroid dienone is 2. The van der Waals surface area contributed by atoms with Crippen molar-refractivity contribution in [3.05, 3.63) is 51.5 Å². The van der Waals surface area contributed by atoms with E-state index in [0.717, 1.165) is 16.3 Å². The molecule has 0 fully saturated rings. The van der Waals surface area contributed by atoms with Crippen molar-refractivity contribution in [1.29, 1.82) is 0 Å². The van der Waals surface area contributed by atoms with Crippen molar-refractivity contribution in [2.45, 2.75) is 38.3 Å². The summed E-state index contributed by atoms with van der Waals surface area (Å²) in [4.78, 5) is 25.5. The first kappa shape index (κ1) is 22.8. The number of nitrogens with zero attached hydrogens (tertiary/aromatic N) is 1. The van der Waals surface area contributed by atoms with Crippen LogP contribution in [-0.4, -0.2) is 47.6 Å². The number of rotatable bonds is 7. The molecule has 0 saturated carbocycles. The Balaban J connectivity index is 1.94. The Morgan fingerprint density at radius 2 is 2.06 bits per heavy atom. The maximum absolute atomic E-state index is 14.4. The lowest BCUT2D eigenvalue weighted by Crippen LogP contribution is -2.37. The van der Waals surface area contributed by atoms with E-state index >= 15 is 0 Å². The van der Waals surface area contributed by atoms with Crippen molar-refractivity contribution in [1.82, 2.24) is 4.90 Å². The lowest BCUT2D eigenvalue weighted by Gasteiger charge is -2.29. The maximum Gasteiger partial charge on any atom is 0.461 e. The molecule has 1 unspecified atom stereocenters. The third kappa shape index (κ3) is 4.29.